The summed E-state index contributed by atoms with van der Waals surface area (Å²) in [5, 5.41) is 10.8. The fourth-order valence-electron chi connectivity index (χ4n) is 1.48. The van der Waals surface area contributed by atoms with Gasteiger partial charge in [0.05, 0.1) is 21.9 Å². The first-order chi connectivity index (χ1) is 8.47. The minimum absolute atomic E-state index is 0.0367. The number of rotatable bonds is 5. The van der Waals surface area contributed by atoms with E-state index in [1.807, 2.05) is 13.8 Å². The molecule has 0 fully saturated rings. The van der Waals surface area contributed by atoms with Gasteiger partial charge in [0.15, 0.2) is 0 Å². The zero-order chi connectivity index (χ0) is 13.7. The summed E-state index contributed by atoms with van der Waals surface area (Å²) in [6.45, 7) is 5.36. The van der Waals surface area contributed by atoms with Crippen LogP contribution >= 0.6 is 12.0 Å². The number of nitrogens with zero attached hydrogens (tertiary/aromatic N) is 1. The topological polar surface area (TPSA) is 69.4 Å². The highest BCUT2D eigenvalue weighted by Gasteiger charge is 2.17. The van der Waals surface area contributed by atoms with Crippen molar-refractivity contribution in [1.82, 2.24) is 0 Å². The van der Waals surface area contributed by atoms with E-state index >= 15 is 0 Å². The van der Waals surface area contributed by atoms with E-state index in [4.69, 9.17) is 4.18 Å². The van der Waals surface area contributed by atoms with Gasteiger partial charge in [0, 0.05) is 18.1 Å². The first-order valence-electron chi connectivity index (χ1n) is 5.59. The van der Waals surface area contributed by atoms with Gasteiger partial charge in [-0.25, -0.2) is 0 Å². The zero-order valence-electron chi connectivity index (χ0n) is 10.6. The number of aryl methyl sites for hydroxylation is 1. The second-order valence-corrected chi connectivity index (χ2v) is 4.64. The first-order valence-corrected chi connectivity index (χ1v) is 6.33. The number of carbonyl (C=O) groups excluding carboxylic acids is 1. The lowest BCUT2D eigenvalue weighted by molar-refractivity contribution is -0.385. The Morgan fingerprint density at radius 1 is 1.44 bits per heavy atom. The molecule has 1 aromatic rings. The Morgan fingerprint density at radius 2 is 2.11 bits per heavy atom. The van der Waals surface area contributed by atoms with Crippen LogP contribution in [0.15, 0.2) is 17.0 Å². The molecule has 0 radical (unpaired) electrons. The highest BCUT2D eigenvalue weighted by atomic mass is 32.2. The fraction of sp³-hybridized carbons (Fsp3) is 0.417. The van der Waals surface area contributed by atoms with Gasteiger partial charge in [0.2, 0.25) is 0 Å². The summed E-state index contributed by atoms with van der Waals surface area (Å²) in [7, 11) is 0. The molecule has 6 heteroatoms. The molecule has 0 N–H and O–H groups in total. The highest BCUT2D eigenvalue weighted by molar-refractivity contribution is 7.95. The molecule has 1 aromatic carbocycles. The van der Waals surface area contributed by atoms with Crippen molar-refractivity contribution < 1.29 is 13.9 Å². The van der Waals surface area contributed by atoms with Crippen molar-refractivity contribution in [3.63, 3.8) is 0 Å². The van der Waals surface area contributed by atoms with Gasteiger partial charge in [-0.1, -0.05) is 13.0 Å². The third-order valence-corrected chi connectivity index (χ3v) is 3.51. The summed E-state index contributed by atoms with van der Waals surface area (Å²) < 4.78 is 5.02. The van der Waals surface area contributed by atoms with E-state index in [1.165, 1.54) is 6.07 Å². The second kappa shape index (κ2) is 6.39. The number of hydrogen-bond acceptors (Lipinski definition) is 5. The Morgan fingerprint density at radius 3 is 2.67 bits per heavy atom. The average Bonchev–Trinajstić information content (AvgIpc) is 2.28. The van der Waals surface area contributed by atoms with Crippen molar-refractivity contribution in [3.05, 3.63) is 33.4 Å². The van der Waals surface area contributed by atoms with Crippen LogP contribution in [0, 0.1) is 24.0 Å². The molecule has 0 atom stereocenters. The van der Waals surface area contributed by atoms with Gasteiger partial charge in [-0.3, -0.25) is 14.9 Å². The quantitative estimate of drug-likeness (QED) is 0.464. The molecule has 0 spiro atoms. The maximum Gasteiger partial charge on any atom is 0.318 e. The van der Waals surface area contributed by atoms with E-state index in [1.54, 1.807) is 13.0 Å². The van der Waals surface area contributed by atoms with E-state index in [9.17, 15) is 14.9 Å². The Kier molecular flexibility index (Phi) is 5.15. The van der Waals surface area contributed by atoms with Gasteiger partial charge >= 0.3 is 5.97 Å². The zero-order valence-corrected chi connectivity index (χ0v) is 11.4. The number of benzene rings is 1. The standard InChI is InChI=1S/C12H15NO4S/c1-4-5-11(14)17-18-12-8(2)6-7-10(9(12)3)13(15)16/h6-7H,4-5H2,1-3H3. The van der Waals surface area contributed by atoms with E-state index < -0.39 is 4.92 Å². The fourth-order valence-corrected chi connectivity index (χ4v) is 2.17. The predicted molar refractivity (Wildman–Crippen MR) is 69.4 cm³/mol. The van der Waals surface area contributed by atoms with Crippen LogP contribution in [0.25, 0.3) is 0 Å². The number of hydrogen-bond donors (Lipinski definition) is 0. The molecule has 0 amide bonds. The van der Waals surface area contributed by atoms with Gasteiger partial charge in [-0.05, 0) is 25.8 Å². The van der Waals surface area contributed by atoms with Gasteiger partial charge in [0.1, 0.15) is 0 Å². The highest BCUT2D eigenvalue weighted by Crippen LogP contribution is 2.33. The third-order valence-electron chi connectivity index (χ3n) is 2.44. The van der Waals surface area contributed by atoms with Crippen LogP contribution in [0.5, 0.6) is 0 Å². The molecule has 0 bridgehead atoms. The molecule has 0 saturated carbocycles. The molecular weight excluding hydrogens is 254 g/mol. The second-order valence-electron chi connectivity index (χ2n) is 3.90. The predicted octanol–water partition coefficient (Wildman–Crippen LogP) is 3.56. The molecule has 5 nitrogen and oxygen atoms in total. The molecule has 98 valence electrons. The molecule has 0 aliphatic rings. The molecule has 0 aromatic heterocycles. The van der Waals surface area contributed by atoms with E-state index in [0.717, 1.165) is 17.6 Å². The van der Waals surface area contributed by atoms with Gasteiger partial charge < -0.3 is 4.18 Å². The van der Waals surface area contributed by atoms with Crippen LogP contribution in [0.2, 0.25) is 0 Å². The first kappa shape index (κ1) is 14.5. The van der Waals surface area contributed by atoms with E-state index in [2.05, 4.69) is 0 Å². The monoisotopic (exact) mass is 269 g/mol. The Labute approximate surface area is 110 Å². The van der Waals surface area contributed by atoms with Crippen molar-refractivity contribution in [2.75, 3.05) is 0 Å². The summed E-state index contributed by atoms with van der Waals surface area (Å²) >= 11 is 0.899. The maximum absolute atomic E-state index is 11.3. The molecule has 0 saturated heterocycles. The molecule has 0 aliphatic carbocycles. The molecule has 1 rings (SSSR count). The molecular formula is C12H15NO4S. The van der Waals surface area contributed by atoms with Gasteiger partial charge in [-0.15, -0.1) is 0 Å². The third kappa shape index (κ3) is 3.46. The van der Waals surface area contributed by atoms with Crippen molar-refractivity contribution >= 4 is 23.7 Å². The van der Waals surface area contributed by atoms with Crippen molar-refractivity contribution in [3.8, 4) is 0 Å². The van der Waals surface area contributed by atoms with E-state index in [-0.39, 0.29) is 11.7 Å². The van der Waals surface area contributed by atoms with Crippen LogP contribution in [0.1, 0.15) is 30.9 Å². The minimum atomic E-state index is -0.438. The van der Waals surface area contributed by atoms with Gasteiger partial charge in [0.25, 0.3) is 5.69 Å². The lowest BCUT2D eigenvalue weighted by atomic mass is 10.1. The largest absolute Gasteiger partial charge is 0.386 e. The minimum Gasteiger partial charge on any atom is -0.386 e. The number of nitro benzene ring substituents is 1. The average molecular weight is 269 g/mol. The van der Waals surface area contributed by atoms with E-state index in [0.29, 0.717) is 23.3 Å². The molecule has 0 unspecified atom stereocenters. The molecule has 18 heavy (non-hydrogen) atoms. The lowest BCUT2D eigenvalue weighted by Gasteiger charge is -2.08. The van der Waals surface area contributed by atoms with Crippen LogP contribution < -0.4 is 0 Å². The van der Waals surface area contributed by atoms with Crippen LogP contribution in [-0.2, 0) is 8.98 Å². The SMILES string of the molecule is CCCC(=O)OSc1c(C)ccc([N+](=O)[O-])c1C. The number of carbonyl (C=O) groups is 1. The summed E-state index contributed by atoms with van der Waals surface area (Å²) in [5.41, 5.74) is 1.41. The molecule has 0 aliphatic heterocycles. The lowest BCUT2D eigenvalue weighted by Crippen LogP contribution is -2.00. The Balaban J connectivity index is 2.91. The summed E-state index contributed by atoms with van der Waals surface area (Å²) in [4.78, 5) is 22.3. The van der Waals surface area contributed by atoms with Crippen LogP contribution in [0.3, 0.4) is 0 Å². The van der Waals surface area contributed by atoms with Crippen molar-refractivity contribution in [2.45, 2.75) is 38.5 Å². The normalized spacial score (nSPS) is 10.2. The molecule has 0 heterocycles. The van der Waals surface area contributed by atoms with Crippen molar-refractivity contribution in [2.24, 2.45) is 0 Å². The maximum atomic E-state index is 11.3. The Hall–Kier alpha value is -1.56. The summed E-state index contributed by atoms with van der Waals surface area (Å²) in [6.07, 6.45) is 1.06. The smallest absolute Gasteiger partial charge is 0.318 e. The van der Waals surface area contributed by atoms with Crippen molar-refractivity contribution in [1.29, 1.82) is 0 Å². The summed E-state index contributed by atoms with van der Waals surface area (Å²) in [6, 6.07) is 3.11. The van der Waals surface area contributed by atoms with Crippen LogP contribution in [-0.4, -0.2) is 10.9 Å². The van der Waals surface area contributed by atoms with Crippen LogP contribution in [0.4, 0.5) is 5.69 Å². The van der Waals surface area contributed by atoms with Gasteiger partial charge in [-0.2, -0.15) is 0 Å². The number of nitro groups is 1. The summed E-state index contributed by atoms with van der Waals surface area (Å²) in [5.74, 6) is -0.312. The Bertz CT molecular complexity index is 473.